The first-order valence-corrected chi connectivity index (χ1v) is 10.4. The maximum atomic E-state index is 12.4. The second-order valence-corrected chi connectivity index (χ2v) is 8.58. The van der Waals surface area contributed by atoms with Crippen molar-refractivity contribution in [1.82, 2.24) is 19.6 Å². The van der Waals surface area contributed by atoms with Crippen LogP contribution in [0.4, 0.5) is 0 Å². The van der Waals surface area contributed by atoms with E-state index in [4.69, 9.17) is 5.73 Å². The summed E-state index contributed by atoms with van der Waals surface area (Å²) in [5, 5.41) is 6.36. The van der Waals surface area contributed by atoms with Crippen LogP contribution in [-0.2, 0) is 21.2 Å². The standard InChI is InChI=1S/C18H19N5O4S/c1-28(26,27)16(18(19)25)7-10-22-9-6-14(12-17(22)24)13-2-4-15(5-3-13)23-11-8-20-21-23/h2-6,8-9,11-12,16H,7,10H2,1H3,(H2,19,25). The Hall–Kier alpha value is -3.27. The summed E-state index contributed by atoms with van der Waals surface area (Å²) in [5.74, 6) is -0.917. The van der Waals surface area contributed by atoms with Crippen LogP contribution in [0.15, 0.2) is 59.8 Å². The number of carbonyl (C=O) groups excluding carboxylic acids is 1. The Morgan fingerprint density at radius 1 is 1.14 bits per heavy atom. The van der Waals surface area contributed by atoms with Crippen LogP contribution >= 0.6 is 0 Å². The van der Waals surface area contributed by atoms with Crippen LogP contribution in [0.2, 0.25) is 0 Å². The van der Waals surface area contributed by atoms with E-state index in [1.54, 1.807) is 29.3 Å². The van der Waals surface area contributed by atoms with Crippen molar-refractivity contribution in [2.24, 2.45) is 5.73 Å². The number of aromatic nitrogens is 4. The molecule has 0 saturated carbocycles. The molecular weight excluding hydrogens is 382 g/mol. The monoisotopic (exact) mass is 401 g/mol. The van der Waals surface area contributed by atoms with Gasteiger partial charge in [-0.1, -0.05) is 17.3 Å². The molecule has 0 saturated heterocycles. The molecule has 0 radical (unpaired) electrons. The van der Waals surface area contributed by atoms with Gasteiger partial charge in [-0.2, -0.15) is 0 Å². The first-order valence-electron chi connectivity index (χ1n) is 8.41. The first-order chi connectivity index (χ1) is 13.3. The summed E-state index contributed by atoms with van der Waals surface area (Å²) in [6.07, 6.45) is 5.78. The maximum Gasteiger partial charge on any atom is 0.251 e. The van der Waals surface area contributed by atoms with Crippen molar-refractivity contribution >= 4 is 15.7 Å². The Balaban J connectivity index is 1.77. The zero-order valence-corrected chi connectivity index (χ0v) is 15.9. The molecule has 1 amide bonds. The number of amides is 1. The number of aryl methyl sites for hydroxylation is 1. The minimum atomic E-state index is -3.62. The average molecular weight is 401 g/mol. The van der Waals surface area contributed by atoms with E-state index >= 15 is 0 Å². The molecule has 9 nitrogen and oxygen atoms in total. The zero-order valence-electron chi connectivity index (χ0n) is 15.1. The number of hydrogen-bond acceptors (Lipinski definition) is 6. The van der Waals surface area contributed by atoms with Gasteiger partial charge < -0.3 is 10.3 Å². The van der Waals surface area contributed by atoms with Gasteiger partial charge in [0.2, 0.25) is 5.91 Å². The second-order valence-electron chi connectivity index (χ2n) is 6.35. The Morgan fingerprint density at radius 3 is 2.39 bits per heavy atom. The molecule has 0 bridgehead atoms. The number of rotatable bonds is 7. The van der Waals surface area contributed by atoms with E-state index in [9.17, 15) is 18.0 Å². The summed E-state index contributed by atoms with van der Waals surface area (Å²) in [5.41, 5.74) is 7.27. The minimum Gasteiger partial charge on any atom is -0.369 e. The zero-order chi connectivity index (χ0) is 20.3. The lowest BCUT2D eigenvalue weighted by Gasteiger charge is -2.13. The molecule has 0 aliphatic carbocycles. The van der Waals surface area contributed by atoms with E-state index < -0.39 is 21.0 Å². The van der Waals surface area contributed by atoms with Gasteiger partial charge in [-0.25, -0.2) is 13.1 Å². The van der Waals surface area contributed by atoms with Crippen LogP contribution in [0.1, 0.15) is 6.42 Å². The number of pyridine rings is 1. The third-order valence-corrected chi connectivity index (χ3v) is 5.85. The van der Waals surface area contributed by atoms with Crippen molar-refractivity contribution < 1.29 is 13.2 Å². The van der Waals surface area contributed by atoms with Crippen molar-refractivity contribution in [1.29, 1.82) is 0 Å². The topological polar surface area (TPSA) is 130 Å². The third-order valence-electron chi connectivity index (χ3n) is 4.35. The van der Waals surface area contributed by atoms with Gasteiger partial charge in [0.05, 0.1) is 18.1 Å². The van der Waals surface area contributed by atoms with Crippen molar-refractivity contribution in [2.45, 2.75) is 18.2 Å². The number of sulfone groups is 1. The molecule has 0 spiro atoms. The lowest BCUT2D eigenvalue weighted by molar-refractivity contribution is -0.117. The van der Waals surface area contributed by atoms with Crippen LogP contribution in [0.3, 0.4) is 0 Å². The van der Waals surface area contributed by atoms with Gasteiger partial charge in [0.1, 0.15) is 5.25 Å². The molecule has 1 aromatic carbocycles. The molecule has 146 valence electrons. The molecule has 2 heterocycles. The molecular formula is C18H19N5O4S. The average Bonchev–Trinajstić information content (AvgIpc) is 3.16. The normalized spacial score (nSPS) is 12.6. The fourth-order valence-electron chi connectivity index (χ4n) is 2.85. The minimum absolute atomic E-state index is 0.0555. The van der Waals surface area contributed by atoms with Crippen LogP contribution in [0, 0.1) is 0 Å². The van der Waals surface area contributed by atoms with Crippen LogP contribution < -0.4 is 11.3 Å². The molecule has 10 heteroatoms. The SMILES string of the molecule is CS(=O)(=O)C(CCn1ccc(-c2ccc(-n3ccnn3)cc2)cc1=O)C(N)=O. The molecule has 3 rings (SSSR count). The molecule has 3 aromatic rings. The predicted molar refractivity (Wildman–Crippen MR) is 103 cm³/mol. The van der Waals surface area contributed by atoms with E-state index in [-0.39, 0.29) is 18.5 Å². The lowest BCUT2D eigenvalue weighted by atomic mass is 10.1. The molecule has 0 fully saturated rings. The van der Waals surface area contributed by atoms with Gasteiger partial charge in [-0.3, -0.25) is 9.59 Å². The summed E-state index contributed by atoms with van der Waals surface area (Å²) < 4.78 is 26.2. The number of primary amides is 1. The Kier molecular flexibility index (Phi) is 5.41. The third kappa shape index (κ3) is 4.34. The fourth-order valence-corrected chi connectivity index (χ4v) is 3.80. The summed E-state index contributed by atoms with van der Waals surface area (Å²) in [7, 11) is -3.62. The van der Waals surface area contributed by atoms with Gasteiger partial charge in [0.25, 0.3) is 5.56 Å². The van der Waals surface area contributed by atoms with Gasteiger partial charge in [-0.15, -0.1) is 5.10 Å². The molecule has 0 aliphatic rings. The molecule has 2 aromatic heterocycles. The first kappa shape index (κ1) is 19.5. The highest BCUT2D eigenvalue weighted by molar-refractivity contribution is 7.92. The highest BCUT2D eigenvalue weighted by Crippen LogP contribution is 2.19. The predicted octanol–water partition coefficient (Wildman–Crippen LogP) is 0.385. The summed E-state index contributed by atoms with van der Waals surface area (Å²) in [4.78, 5) is 23.7. The number of carbonyl (C=O) groups is 1. The second kappa shape index (κ2) is 7.77. The number of nitrogens with zero attached hydrogens (tertiary/aromatic N) is 4. The summed E-state index contributed by atoms with van der Waals surface area (Å²) in [6, 6.07) is 10.7. The summed E-state index contributed by atoms with van der Waals surface area (Å²) >= 11 is 0. The maximum absolute atomic E-state index is 12.4. The van der Waals surface area contributed by atoms with Crippen molar-refractivity contribution in [3.05, 3.63) is 65.3 Å². The van der Waals surface area contributed by atoms with Crippen molar-refractivity contribution in [3.63, 3.8) is 0 Å². The van der Waals surface area contributed by atoms with Crippen LogP contribution in [0.25, 0.3) is 16.8 Å². The van der Waals surface area contributed by atoms with E-state index in [1.807, 2.05) is 24.3 Å². The van der Waals surface area contributed by atoms with Crippen molar-refractivity contribution in [2.75, 3.05) is 6.26 Å². The molecule has 1 atom stereocenters. The lowest BCUT2D eigenvalue weighted by Crippen LogP contribution is -2.36. The van der Waals surface area contributed by atoms with Crippen molar-refractivity contribution in [3.8, 4) is 16.8 Å². The number of hydrogen-bond donors (Lipinski definition) is 1. The largest absolute Gasteiger partial charge is 0.369 e. The highest BCUT2D eigenvalue weighted by Gasteiger charge is 2.26. The van der Waals surface area contributed by atoms with Crippen LogP contribution in [-0.4, -0.2) is 45.4 Å². The summed E-state index contributed by atoms with van der Waals surface area (Å²) in [6.45, 7) is 0.0744. The molecule has 28 heavy (non-hydrogen) atoms. The van der Waals surface area contributed by atoms with Gasteiger partial charge in [0, 0.05) is 25.1 Å². The Bertz CT molecular complexity index is 1140. The smallest absolute Gasteiger partial charge is 0.251 e. The number of benzene rings is 1. The molecule has 0 aliphatic heterocycles. The van der Waals surface area contributed by atoms with E-state index in [2.05, 4.69) is 10.3 Å². The Morgan fingerprint density at radius 2 is 1.86 bits per heavy atom. The van der Waals surface area contributed by atoms with Gasteiger partial charge in [0.15, 0.2) is 9.84 Å². The van der Waals surface area contributed by atoms with E-state index in [0.29, 0.717) is 0 Å². The fraction of sp³-hybridized carbons (Fsp3) is 0.222. The number of nitrogens with two attached hydrogens (primary N) is 1. The molecule has 1 unspecified atom stereocenters. The van der Waals surface area contributed by atoms with Gasteiger partial charge >= 0.3 is 0 Å². The quantitative estimate of drug-likeness (QED) is 0.609. The Labute approximate surface area is 161 Å². The van der Waals surface area contributed by atoms with Crippen LogP contribution in [0.5, 0.6) is 0 Å². The van der Waals surface area contributed by atoms with E-state index in [1.165, 1.54) is 10.6 Å². The van der Waals surface area contributed by atoms with Gasteiger partial charge in [-0.05, 0) is 35.7 Å². The van der Waals surface area contributed by atoms with E-state index in [0.717, 1.165) is 23.1 Å². The highest BCUT2D eigenvalue weighted by atomic mass is 32.2. The molecule has 2 N–H and O–H groups in total.